The molecular formula is C17H19NO3. The van der Waals surface area contributed by atoms with Gasteiger partial charge in [0.05, 0.1) is 7.11 Å². The van der Waals surface area contributed by atoms with Crippen LogP contribution in [-0.2, 0) is 11.4 Å². The van der Waals surface area contributed by atoms with E-state index < -0.39 is 0 Å². The van der Waals surface area contributed by atoms with Gasteiger partial charge in [0.1, 0.15) is 12.4 Å². The fourth-order valence-electron chi connectivity index (χ4n) is 1.81. The molecule has 0 aliphatic heterocycles. The third-order valence-electron chi connectivity index (χ3n) is 3.19. The summed E-state index contributed by atoms with van der Waals surface area (Å²) in [6.07, 6.45) is 0. The summed E-state index contributed by atoms with van der Waals surface area (Å²) in [6.45, 7) is 2.56. The molecule has 0 bridgehead atoms. The highest BCUT2D eigenvalue weighted by molar-refractivity contribution is 5.93. The lowest BCUT2D eigenvalue weighted by atomic mass is 10.2. The smallest absolute Gasteiger partial charge is 0.277 e. The van der Waals surface area contributed by atoms with E-state index in [0.717, 1.165) is 11.3 Å². The Morgan fingerprint density at radius 3 is 2.24 bits per heavy atom. The molecule has 2 aromatic rings. The topological polar surface area (TPSA) is 38.8 Å². The second-order valence-electron chi connectivity index (χ2n) is 4.78. The maximum atomic E-state index is 11.9. The molecule has 4 heteroatoms. The number of benzene rings is 2. The van der Waals surface area contributed by atoms with Crippen LogP contribution in [0, 0.1) is 6.92 Å². The molecule has 0 radical (unpaired) electrons. The fourth-order valence-corrected chi connectivity index (χ4v) is 1.81. The highest BCUT2D eigenvalue weighted by atomic mass is 16.7. The number of rotatable bonds is 5. The fraction of sp³-hybridized carbons (Fsp3) is 0.235. The lowest BCUT2D eigenvalue weighted by Gasteiger charge is -2.13. The summed E-state index contributed by atoms with van der Waals surface area (Å²) in [6, 6.07) is 15.2. The highest BCUT2D eigenvalue weighted by Crippen LogP contribution is 2.15. The average Bonchev–Trinajstić information content (AvgIpc) is 2.53. The van der Waals surface area contributed by atoms with Crippen molar-refractivity contribution >= 4 is 5.91 Å². The first-order chi connectivity index (χ1) is 10.1. The van der Waals surface area contributed by atoms with Crippen LogP contribution in [-0.4, -0.2) is 25.1 Å². The summed E-state index contributed by atoms with van der Waals surface area (Å²) in [4.78, 5) is 16.7. The van der Waals surface area contributed by atoms with Gasteiger partial charge in [0, 0.05) is 12.6 Å². The van der Waals surface area contributed by atoms with Crippen LogP contribution in [0.4, 0.5) is 0 Å². The summed E-state index contributed by atoms with van der Waals surface area (Å²) in [5.74, 6) is 0.537. The lowest BCUT2D eigenvalue weighted by Crippen LogP contribution is -2.25. The Morgan fingerprint density at radius 1 is 1.05 bits per heavy atom. The summed E-state index contributed by atoms with van der Waals surface area (Å²) >= 11 is 0. The third-order valence-corrected chi connectivity index (χ3v) is 3.19. The van der Waals surface area contributed by atoms with E-state index in [4.69, 9.17) is 9.57 Å². The molecule has 0 atom stereocenters. The molecule has 0 N–H and O–H groups in total. The quantitative estimate of drug-likeness (QED) is 0.792. The van der Waals surface area contributed by atoms with Crippen molar-refractivity contribution in [1.82, 2.24) is 5.06 Å². The lowest BCUT2D eigenvalue weighted by molar-refractivity contribution is -0.0757. The number of aryl methyl sites for hydroxylation is 1. The molecule has 21 heavy (non-hydrogen) atoms. The van der Waals surface area contributed by atoms with Gasteiger partial charge in [-0.25, -0.2) is 5.06 Å². The number of ether oxygens (including phenoxy) is 1. The van der Waals surface area contributed by atoms with Crippen LogP contribution < -0.4 is 4.74 Å². The monoisotopic (exact) mass is 285 g/mol. The molecule has 0 saturated carbocycles. The van der Waals surface area contributed by atoms with Crippen molar-refractivity contribution in [2.45, 2.75) is 13.5 Å². The zero-order chi connectivity index (χ0) is 15.2. The highest BCUT2D eigenvalue weighted by Gasteiger charge is 2.10. The standard InChI is InChI=1S/C17H19NO3/c1-13-4-6-14(7-5-13)12-21-16-10-8-15(9-11-16)17(19)18(2)20-3/h4-11H,12H2,1-3H3. The van der Waals surface area contributed by atoms with Crippen molar-refractivity contribution in [2.75, 3.05) is 14.2 Å². The zero-order valence-corrected chi connectivity index (χ0v) is 12.5. The van der Waals surface area contributed by atoms with Gasteiger partial charge < -0.3 is 4.74 Å². The number of carbonyl (C=O) groups is 1. The molecule has 110 valence electrons. The summed E-state index contributed by atoms with van der Waals surface area (Å²) in [5.41, 5.74) is 2.89. The first-order valence-corrected chi connectivity index (χ1v) is 6.70. The molecule has 0 aromatic heterocycles. The molecule has 0 saturated heterocycles. The Morgan fingerprint density at radius 2 is 1.67 bits per heavy atom. The van der Waals surface area contributed by atoms with Gasteiger partial charge in [-0.05, 0) is 36.8 Å². The minimum Gasteiger partial charge on any atom is -0.489 e. The first-order valence-electron chi connectivity index (χ1n) is 6.70. The Hall–Kier alpha value is -2.33. The largest absolute Gasteiger partial charge is 0.489 e. The number of hydrogen-bond acceptors (Lipinski definition) is 3. The van der Waals surface area contributed by atoms with Crippen molar-refractivity contribution < 1.29 is 14.4 Å². The first kappa shape index (κ1) is 15.1. The molecule has 4 nitrogen and oxygen atoms in total. The predicted molar refractivity (Wildman–Crippen MR) is 81.1 cm³/mol. The van der Waals surface area contributed by atoms with Gasteiger partial charge in [0.2, 0.25) is 0 Å². The summed E-state index contributed by atoms with van der Waals surface area (Å²) in [5, 5.41) is 1.18. The molecule has 0 aliphatic carbocycles. The maximum Gasteiger partial charge on any atom is 0.277 e. The molecule has 0 fully saturated rings. The van der Waals surface area contributed by atoms with Crippen molar-refractivity contribution in [3.63, 3.8) is 0 Å². The van der Waals surface area contributed by atoms with Crippen molar-refractivity contribution in [3.8, 4) is 5.75 Å². The van der Waals surface area contributed by atoms with Crippen molar-refractivity contribution in [1.29, 1.82) is 0 Å². The van der Waals surface area contributed by atoms with Crippen LogP contribution in [0.15, 0.2) is 48.5 Å². The van der Waals surface area contributed by atoms with Gasteiger partial charge in [0.25, 0.3) is 5.91 Å². The van der Waals surface area contributed by atoms with Crippen LogP contribution in [0.3, 0.4) is 0 Å². The van der Waals surface area contributed by atoms with E-state index in [1.165, 1.54) is 17.7 Å². The molecule has 1 amide bonds. The summed E-state index contributed by atoms with van der Waals surface area (Å²) < 4.78 is 5.70. The van der Waals surface area contributed by atoms with E-state index in [1.807, 2.05) is 12.1 Å². The Labute approximate surface area is 124 Å². The molecule has 0 unspecified atom stereocenters. The zero-order valence-electron chi connectivity index (χ0n) is 12.5. The summed E-state index contributed by atoms with van der Waals surface area (Å²) in [7, 11) is 3.03. The van der Waals surface area contributed by atoms with Gasteiger partial charge in [-0.1, -0.05) is 29.8 Å². The second kappa shape index (κ2) is 6.90. The third kappa shape index (κ3) is 4.07. The van der Waals surface area contributed by atoms with E-state index in [0.29, 0.717) is 12.2 Å². The minimum atomic E-state index is -0.192. The molecular weight excluding hydrogens is 266 g/mol. The Kier molecular flexibility index (Phi) is 4.95. The van der Waals surface area contributed by atoms with Crippen LogP contribution in [0.2, 0.25) is 0 Å². The molecule has 2 rings (SSSR count). The molecule has 2 aromatic carbocycles. The molecule has 0 heterocycles. The number of amides is 1. The Balaban J connectivity index is 1.96. The molecule has 0 aliphatic rings. The van der Waals surface area contributed by atoms with Crippen LogP contribution >= 0.6 is 0 Å². The normalized spacial score (nSPS) is 10.2. The maximum absolute atomic E-state index is 11.9. The second-order valence-corrected chi connectivity index (χ2v) is 4.78. The van der Waals surface area contributed by atoms with Crippen molar-refractivity contribution in [3.05, 3.63) is 65.2 Å². The van der Waals surface area contributed by atoms with Gasteiger partial charge >= 0.3 is 0 Å². The van der Waals surface area contributed by atoms with E-state index >= 15 is 0 Å². The SMILES string of the molecule is CON(C)C(=O)c1ccc(OCc2ccc(C)cc2)cc1. The predicted octanol–water partition coefficient (Wildman–Crippen LogP) is 3.21. The minimum absolute atomic E-state index is 0.192. The van der Waals surface area contributed by atoms with Gasteiger partial charge in [0.15, 0.2) is 0 Å². The van der Waals surface area contributed by atoms with E-state index in [-0.39, 0.29) is 5.91 Å². The van der Waals surface area contributed by atoms with Crippen LogP contribution in [0.5, 0.6) is 5.75 Å². The number of hydroxylamine groups is 2. The van der Waals surface area contributed by atoms with Gasteiger partial charge in [-0.3, -0.25) is 9.63 Å². The van der Waals surface area contributed by atoms with Gasteiger partial charge in [-0.2, -0.15) is 0 Å². The van der Waals surface area contributed by atoms with Crippen LogP contribution in [0.1, 0.15) is 21.5 Å². The Bertz CT molecular complexity index is 590. The molecule has 0 spiro atoms. The van der Waals surface area contributed by atoms with E-state index in [2.05, 4.69) is 19.1 Å². The number of hydrogen-bond donors (Lipinski definition) is 0. The van der Waals surface area contributed by atoms with E-state index in [9.17, 15) is 4.79 Å². The average molecular weight is 285 g/mol. The van der Waals surface area contributed by atoms with E-state index in [1.54, 1.807) is 31.3 Å². The van der Waals surface area contributed by atoms with Gasteiger partial charge in [-0.15, -0.1) is 0 Å². The van der Waals surface area contributed by atoms with Crippen molar-refractivity contribution in [2.24, 2.45) is 0 Å². The number of nitrogens with zero attached hydrogens (tertiary/aromatic N) is 1. The number of carbonyl (C=O) groups excluding carboxylic acids is 1. The van der Waals surface area contributed by atoms with Crippen LogP contribution in [0.25, 0.3) is 0 Å².